The van der Waals surface area contributed by atoms with Gasteiger partial charge in [-0.1, -0.05) is 19.3 Å². The summed E-state index contributed by atoms with van der Waals surface area (Å²) in [5.74, 6) is 0.424. The summed E-state index contributed by atoms with van der Waals surface area (Å²) in [6.45, 7) is 1.56. The molecule has 0 aliphatic heterocycles. The smallest absolute Gasteiger partial charge is 0.257 e. The number of ether oxygens (including phenoxy) is 1. The number of carbonyl (C=O) groups excluding carboxylic acids is 1. The van der Waals surface area contributed by atoms with E-state index in [-0.39, 0.29) is 5.91 Å². The number of methoxy groups -OCH3 is 1. The third-order valence-electron chi connectivity index (χ3n) is 4.90. The Morgan fingerprint density at radius 2 is 2.16 bits per heavy atom. The number of rotatable bonds is 7. The van der Waals surface area contributed by atoms with Crippen molar-refractivity contribution in [2.75, 3.05) is 20.3 Å². The topological polar surface area (TPSA) is 76.0 Å². The molecule has 7 heteroatoms. The molecular formula is C18H27N5O2. The molecule has 7 nitrogen and oxygen atoms in total. The number of aromatic amines is 1. The van der Waals surface area contributed by atoms with Gasteiger partial charge in [0.05, 0.1) is 30.3 Å². The number of hydrogen-bond donors (Lipinski definition) is 1. The van der Waals surface area contributed by atoms with Crippen molar-refractivity contribution < 1.29 is 9.53 Å². The fourth-order valence-electron chi connectivity index (χ4n) is 3.57. The van der Waals surface area contributed by atoms with Gasteiger partial charge in [0.15, 0.2) is 0 Å². The van der Waals surface area contributed by atoms with Crippen LogP contribution >= 0.6 is 0 Å². The fourth-order valence-corrected chi connectivity index (χ4v) is 3.57. The predicted octanol–water partition coefficient (Wildman–Crippen LogP) is 2.48. The summed E-state index contributed by atoms with van der Waals surface area (Å²) in [6.07, 6.45) is 11.4. The third-order valence-corrected chi connectivity index (χ3v) is 4.90. The van der Waals surface area contributed by atoms with Gasteiger partial charge in [-0.25, -0.2) is 0 Å². The molecule has 0 bridgehead atoms. The highest BCUT2D eigenvalue weighted by molar-refractivity contribution is 5.95. The van der Waals surface area contributed by atoms with Crippen LogP contribution in [0.5, 0.6) is 0 Å². The average Bonchev–Trinajstić information content (AvgIpc) is 3.27. The van der Waals surface area contributed by atoms with E-state index in [0.29, 0.717) is 31.2 Å². The Hall–Kier alpha value is -2.15. The first-order valence-electron chi connectivity index (χ1n) is 8.98. The van der Waals surface area contributed by atoms with Crippen molar-refractivity contribution in [3.8, 4) is 0 Å². The highest BCUT2D eigenvalue weighted by atomic mass is 16.5. The lowest BCUT2D eigenvalue weighted by atomic mass is 9.85. The maximum atomic E-state index is 13.2. The van der Waals surface area contributed by atoms with Crippen molar-refractivity contribution in [1.29, 1.82) is 0 Å². The molecule has 1 amide bonds. The molecule has 3 rings (SSSR count). The quantitative estimate of drug-likeness (QED) is 0.836. The van der Waals surface area contributed by atoms with Crippen LogP contribution in [-0.2, 0) is 18.3 Å². The van der Waals surface area contributed by atoms with Crippen LogP contribution in [0.4, 0.5) is 0 Å². The van der Waals surface area contributed by atoms with Crippen LogP contribution in [0.3, 0.4) is 0 Å². The minimum atomic E-state index is 0.00947. The second kappa shape index (κ2) is 8.29. The SMILES string of the molecule is COCCN(Cc1cnn(C)c1)C(=O)c1cn[nH]c1C1CCCCC1. The molecule has 0 saturated heterocycles. The van der Waals surface area contributed by atoms with Crippen molar-refractivity contribution in [2.45, 2.75) is 44.6 Å². The molecule has 1 aliphatic carbocycles. The Labute approximate surface area is 148 Å². The summed E-state index contributed by atoms with van der Waals surface area (Å²) in [5, 5.41) is 11.5. The average molecular weight is 345 g/mol. The minimum Gasteiger partial charge on any atom is -0.383 e. The van der Waals surface area contributed by atoms with Crippen LogP contribution in [0.2, 0.25) is 0 Å². The first-order chi connectivity index (χ1) is 12.2. The van der Waals surface area contributed by atoms with E-state index < -0.39 is 0 Å². The van der Waals surface area contributed by atoms with E-state index in [0.717, 1.165) is 24.1 Å². The Bertz CT molecular complexity index is 687. The number of hydrogen-bond acceptors (Lipinski definition) is 4. The molecule has 2 aromatic heterocycles. The van der Waals surface area contributed by atoms with E-state index >= 15 is 0 Å². The lowest BCUT2D eigenvalue weighted by molar-refractivity contribution is 0.0678. The van der Waals surface area contributed by atoms with Gasteiger partial charge in [-0.2, -0.15) is 10.2 Å². The Morgan fingerprint density at radius 1 is 1.36 bits per heavy atom. The largest absolute Gasteiger partial charge is 0.383 e. The van der Waals surface area contributed by atoms with Crippen molar-refractivity contribution in [3.05, 3.63) is 35.4 Å². The van der Waals surface area contributed by atoms with E-state index in [9.17, 15) is 4.79 Å². The number of nitrogens with one attached hydrogen (secondary N) is 1. The highest BCUT2D eigenvalue weighted by Crippen LogP contribution is 2.33. The monoisotopic (exact) mass is 345 g/mol. The summed E-state index contributed by atoms with van der Waals surface area (Å²) >= 11 is 0. The van der Waals surface area contributed by atoms with Gasteiger partial charge in [0.2, 0.25) is 0 Å². The Kier molecular flexibility index (Phi) is 5.86. The fraction of sp³-hybridized carbons (Fsp3) is 0.611. The Balaban J connectivity index is 1.78. The maximum Gasteiger partial charge on any atom is 0.257 e. The molecule has 1 fully saturated rings. The first kappa shape index (κ1) is 17.7. The molecule has 2 heterocycles. The molecule has 1 saturated carbocycles. The standard InChI is InChI=1S/C18H27N5O2/c1-22-12-14(10-20-22)13-23(8-9-25-2)18(24)16-11-19-21-17(16)15-6-4-3-5-7-15/h10-12,15H,3-9,13H2,1-2H3,(H,19,21). The van der Waals surface area contributed by atoms with E-state index in [1.807, 2.05) is 18.1 Å². The number of amides is 1. The van der Waals surface area contributed by atoms with E-state index in [1.165, 1.54) is 19.3 Å². The summed E-state index contributed by atoms with van der Waals surface area (Å²) < 4.78 is 6.94. The number of aryl methyl sites for hydroxylation is 1. The molecule has 0 aromatic carbocycles. The molecule has 136 valence electrons. The zero-order valence-electron chi connectivity index (χ0n) is 15.1. The van der Waals surface area contributed by atoms with Gasteiger partial charge in [-0.05, 0) is 12.8 Å². The molecule has 0 radical (unpaired) electrons. The lowest BCUT2D eigenvalue weighted by Crippen LogP contribution is -2.34. The van der Waals surface area contributed by atoms with Crippen LogP contribution in [0.15, 0.2) is 18.6 Å². The first-order valence-corrected chi connectivity index (χ1v) is 8.98. The minimum absolute atomic E-state index is 0.00947. The number of carbonyl (C=O) groups is 1. The van der Waals surface area contributed by atoms with E-state index in [1.54, 1.807) is 24.2 Å². The van der Waals surface area contributed by atoms with Gasteiger partial charge < -0.3 is 9.64 Å². The van der Waals surface area contributed by atoms with Crippen LogP contribution < -0.4 is 0 Å². The lowest BCUT2D eigenvalue weighted by Gasteiger charge is -2.25. The van der Waals surface area contributed by atoms with Crippen molar-refractivity contribution >= 4 is 5.91 Å². The highest BCUT2D eigenvalue weighted by Gasteiger charge is 2.26. The second-order valence-electron chi connectivity index (χ2n) is 6.77. The zero-order valence-corrected chi connectivity index (χ0v) is 15.1. The zero-order chi connectivity index (χ0) is 17.6. The molecular weight excluding hydrogens is 318 g/mol. The molecule has 2 aromatic rings. The van der Waals surface area contributed by atoms with Crippen molar-refractivity contribution in [1.82, 2.24) is 24.9 Å². The van der Waals surface area contributed by atoms with Crippen LogP contribution in [-0.4, -0.2) is 51.0 Å². The summed E-state index contributed by atoms with van der Waals surface area (Å²) in [6, 6.07) is 0. The van der Waals surface area contributed by atoms with E-state index in [4.69, 9.17) is 4.74 Å². The molecule has 1 N–H and O–H groups in total. The third kappa shape index (κ3) is 4.28. The summed E-state index contributed by atoms with van der Waals surface area (Å²) in [4.78, 5) is 15.0. The summed E-state index contributed by atoms with van der Waals surface area (Å²) in [5.41, 5.74) is 2.71. The predicted molar refractivity (Wildman–Crippen MR) is 94.2 cm³/mol. The van der Waals surface area contributed by atoms with Crippen LogP contribution in [0, 0.1) is 0 Å². The maximum absolute atomic E-state index is 13.2. The molecule has 0 unspecified atom stereocenters. The summed E-state index contributed by atoms with van der Waals surface area (Å²) in [7, 11) is 3.53. The molecule has 0 spiro atoms. The van der Waals surface area contributed by atoms with Gasteiger partial charge in [0.25, 0.3) is 5.91 Å². The van der Waals surface area contributed by atoms with Crippen molar-refractivity contribution in [3.63, 3.8) is 0 Å². The van der Waals surface area contributed by atoms with E-state index in [2.05, 4.69) is 15.3 Å². The van der Waals surface area contributed by atoms with Gasteiger partial charge in [0, 0.05) is 44.9 Å². The molecule has 0 atom stereocenters. The Morgan fingerprint density at radius 3 is 2.84 bits per heavy atom. The molecule has 25 heavy (non-hydrogen) atoms. The van der Waals surface area contributed by atoms with Gasteiger partial charge in [-0.3, -0.25) is 14.6 Å². The number of aromatic nitrogens is 4. The van der Waals surface area contributed by atoms with Gasteiger partial charge in [0.1, 0.15) is 0 Å². The molecule has 1 aliphatic rings. The van der Waals surface area contributed by atoms with Crippen molar-refractivity contribution in [2.24, 2.45) is 7.05 Å². The number of H-pyrrole nitrogens is 1. The van der Waals surface area contributed by atoms with Gasteiger partial charge in [-0.15, -0.1) is 0 Å². The van der Waals surface area contributed by atoms with Crippen LogP contribution in [0.25, 0.3) is 0 Å². The second-order valence-corrected chi connectivity index (χ2v) is 6.77. The van der Waals surface area contributed by atoms with Crippen LogP contribution in [0.1, 0.15) is 59.6 Å². The normalized spacial score (nSPS) is 15.4. The van der Waals surface area contributed by atoms with Gasteiger partial charge >= 0.3 is 0 Å². The number of nitrogens with zero attached hydrogens (tertiary/aromatic N) is 4.